The molecular weight excluding hydrogens is 404 g/mol. The van der Waals surface area contributed by atoms with Crippen molar-refractivity contribution in [1.82, 2.24) is 19.9 Å². The Bertz CT molecular complexity index is 1160. The highest BCUT2D eigenvalue weighted by atomic mass is 16.2. The van der Waals surface area contributed by atoms with Gasteiger partial charge in [0.1, 0.15) is 11.9 Å². The Morgan fingerprint density at radius 3 is 2.81 bits per heavy atom. The first-order valence-electron chi connectivity index (χ1n) is 10.9. The van der Waals surface area contributed by atoms with Crippen molar-refractivity contribution in [2.24, 2.45) is 0 Å². The summed E-state index contributed by atoms with van der Waals surface area (Å²) in [5, 5.41) is 6.09. The lowest BCUT2D eigenvalue weighted by Crippen LogP contribution is -2.36. The molecule has 3 heterocycles. The zero-order chi connectivity index (χ0) is 22.5. The van der Waals surface area contributed by atoms with Crippen LogP contribution in [0.15, 0.2) is 53.5 Å². The average molecular weight is 433 g/mol. The number of rotatable bonds is 8. The smallest absolute Gasteiger partial charge is 0.294 e. The lowest BCUT2D eigenvalue weighted by atomic mass is 10.1. The van der Waals surface area contributed by atoms with Gasteiger partial charge in [-0.3, -0.25) is 14.2 Å². The minimum atomic E-state index is -0.535. The van der Waals surface area contributed by atoms with Gasteiger partial charge in [0.25, 0.3) is 5.56 Å². The Balaban J connectivity index is 1.39. The molecule has 1 atom stereocenters. The van der Waals surface area contributed by atoms with Gasteiger partial charge in [-0.25, -0.2) is 9.97 Å². The number of benzene rings is 1. The molecule has 4 rings (SSSR count). The van der Waals surface area contributed by atoms with Gasteiger partial charge in [0.05, 0.1) is 0 Å². The highest BCUT2D eigenvalue weighted by Crippen LogP contribution is 2.24. The van der Waals surface area contributed by atoms with E-state index in [0.717, 1.165) is 29.8 Å². The summed E-state index contributed by atoms with van der Waals surface area (Å²) in [5.74, 6) is 0.563. The largest absolute Gasteiger partial charge is 0.384 e. The summed E-state index contributed by atoms with van der Waals surface area (Å²) < 4.78 is 1.58. The van der Waals surface area contributed by atoms with E-state index in [4.69, 9.17) is 5.73 Å². The highest BCUT2D eigenvalue weighted by Gasteiger charge is 2.30. The molecule has 4 N–H and O–H groups in total. The highest BCUT2D eigenvalue weighted by molar-refractivity contribution is 5.81. The van der Waals surface area contributed by atoms with E-state index in [2.05, 4.69) is 32.7 Å². The Hall–Kier alpha value is -3.68. The average Bonchev–Trinajstić information content (AvgIpc) is 3.23. The number of aromatic nitrogens is 3. The minimum absolute atomic E-state index is 0.177. The molecule has 0 saturated carbocycles. The van der Waals surface area contributed by atoms with Gasteiger partial charge in [-0.15, -0.1) is 0 Å². The maximum atomic E-state index is 13.0. The second kappa shape index (κ2) is 9.64. The molecule has 166 valence electrons. The SMILES string of the molecule is Cc1nc(N)ccc1CNC(=O)[C@@H]1CCc2cnc(NCCCc3ccccc3)c(=O)n21. The van der Waals surface area contributed by atoms with Gasteiger partial charge in [0.15, 0.2) is 5.82 Å². The molecule has 1 aromatic carbocycles. The normalized spacial score (nSPS) is 14.7. The van der Waals surface area contributed by atoms with Crippen molar-refractivity contribution in [1.29, 1.82) is 0 Å². The van der Waals surface area contributed by atoms with Gasteiger partial charge in [-0.2, -0.15) is 0 Å². The number of hydrogen-bond donors (Lipinski definition) is 3. The quantitative estimate of drug-likeness (QED) is 0.471. The fraction of sp³-hybridized carbons (Fsp3) is 0.333. The molecule has 0 saturated heterocycles. The van der Waals surface area contributed by atoms with Crippen molar-refractivity contribution in [3.05, 3.63) is 81.5 Å². The lowest BCUT2D eigenvalue weighted by molar-refractivity contribution is -0.124. The lowest BCUT2D eigenvalue weighted by Gasteiger charge is -2.16. The van der Waals surface area contributed by atoms with Crippen LogP contribution in [0.1, 0.15) is 41.4 Å². The van der Waals surface area contributed by atoms with Crippen molar-refractivity contribution in [3.8, 4) is 0 Å². The molecule has 1 aliphatic heterocycles. The number of amides is 1. The van der Waals surface area contributed by atoms with Crippen LogP contribution in [-0.2, 0) is 24.2 Å². The number of fused-ring (bicyclic) bond motifs is 1. The van der Waals surface area contributed by atoms with Crippen LogP contribution in [0.3, 0.4) is 0 Å². The van der Waals surface area contributed by atoms with Crippen LogP contribution in [0.2, 0.25) is 0 Å². The monoisotopic (exact) mass is 432 g/mol. The van der Waals surface area contributed by atoms with Crippen molar-refractivity contribution in [2.45, 2.75) is 45.2 Å². The molecular formula is C24H28N6O2. The van der Waals surface area contributed by atoms with Crippen LogP contribution >= 0.6 is 0 Å². The van der Waals surface area contributed by atoms with Crippen molar-refractivity contribution in [3.63, 3.8) is 0 Å². The maximum absolute atomic E-state index is 13.0. The molecule has 0 bridgehead atoms. The molecule has 0 radical (unpaired) electrons. The standard InChI is InChI=1S/C24H28N6O2/c1-16-18(9-12-21(25)29-16)14-28-23(31)20-11-10-19-15-27-22(24(32)30(19)20)26-13-5-8-17-6-3-2-4-7-17/h2-4,6-7,9,12,15,20H,5,8,10-11,13-14H2,1H3,(H2,25,29)(H,26,27)(H,28,31)/t20-/m0/s1. The molecule has 8 heteroatoms. The topological polar surface area (TPSA) is 115 Å². The Morgan fingerprint density at radius 2 is 2.03 bits per heavy atom. The fourth-order valence-electron chi connectivity index (χ4n) is 4.05. The van der Waals surface area contributed by atoms with Gasteiger partial charge in [0.2, 0.25) is 5.91 Å². The van der Waals surface area contributed by atoms with Crippen LogP contribution in [0.4, 0.5) is 11.6 Å². The first-order chi connectivity index (χ1) is 15.5. The third-order valence-electron chi connectivity index (χ3n) is 5.81. The summed E-state index contributed by atoms with van der Waals surface area (Å²) in [7, 11) is 0. The van der Waals surface area contributed by atoms with E-state index >= 15 is 0 Å². The molecule has 0 aliphatic carbocycles. The predicted molar refractivity (Wildman–Crippen MR) is 124 cm³/mol. The van der Waals surface area contributed by atoms with Gasteiger partial charge in [0, 0.05) is 30.7 Å². The molecule has 0 fully saturated rings. The van der Waals surface area contributed by atoms with Crippen molar-refractivity contribution in [2.75, 3.05) is 17.6 Å². The number of nitrogen functional groups attached to an aromatic ring is 1. The van der Waals surface area contributed by atoms with Crippen LogP contribution in [0.5, 0.6) is 0 Å². The van der Waals surface area contributed by atoms with Crippen molar-refractivity contribution < 1.29 is 4.79 Å². The molecule has 0 spiro atoms. The molecule has 1 aliphatic rings. The van der Waals surface area contributed by atoms with E-state index in [1.807, 2.05) is 31.2 Å². The van der Waals surface area contributed by atoms with Gasteiger partial charge in [-0.1, -0.05) is 36.4 Å². The number of nitrogens with two attached hydrogens (primary N) is 1. The molecule has 0 unspecified atom stereocenters. The number of aryl methyl sites for hydroxylation is 3. The number of carbonyl (C=O) groups excluding carboxylic acids is 1. The number of nitrogens with zero attached hydrogens (tertiary/aromatic N) is 3. The maximum Gasteiger partial charge on any atom is 0.294 e. The van der Waals surface area contributed by atoms with Gasteiger partial charge < -0.3 is 16.4 Å². The summed E-state index contributed by atoms with van der Waals surface area (Å²) >= 11 is 0. The second-order valence-corrected chi connectivity index (χ2v) is 8.04. The molecule has 3 aromatic rings. The Kier molecular flexibility index (Phi) is 6.49. The van der Waals surface area contributed by atoms with E-state index in [-0.39, 0.29) is 11.5 Å². The third kappa shape index (κ3) is 4.80. The summed E-state index contributed by atoms with van der Waals surface area (Å²) in [6.45, 7) is 2.83. The third-order valence-corrected chi connectivity index (χ3v) is 5.81. The summed E-state index contributed by atoms with van der Waals surface area (Å²) in [6, 6.07) is 13.3. The van der Waals surface area contributed by atoms with E-state index in [1.165, 1.54) is 5.56 Å². The van der Waals surface area contributed by atoms with Crippen LogP contribution in [-0.4, -0.2) is 27.0 Å². The molecule has 32 heavy (non-hydrogen) atoms. The summed E-state index contributed by atoms with van der Waals surface area (Å²) in [5.41, 5.74) is 9.17. The van der Waals surface area contributed by atoms with Crippen LogP contribution in [0, 0.1) is 6.92 Å². The molecule has 1 amide bonds. The van der Waals surface area contributed by atoms with Gasteiger partial charge in [-0.05, 0) is 49.8 Å². The van der Waals surface area contributed by atoms with Crippen molar-refractivity contribution >= 4 is 17.5 Å². The number of pyridine rings is 1. The molecule has 2 aromatic heterocycles. The minimum Gasteiger partial charge on any atom is -0.384 e. The van der Waals surface area contributed by atoms with Crippen LogP contribution in [0.25, 0.3) is 0 Å². The zero-order valence-corrected chi connectivity index (χ0v) is 18.2. The Labute approximate surface area is 186 Å². The first-order valence-corrected chi connectivity index (χ1v) is 10.9. The van der Waals surface area contributed by atoms with E-state index in [1.54, 1.807) is 16.8 Å². The summed E-state index contributed by atoms with van der Waals surface area (Å²) in [4.78, 5) is 34.4. The zero-order valence-electron chi connectivity index (χ0n) is 18.2. The Morgan fingerprint density at radius 1 is 1.22 bits per heavy atom. The first kappa shape index (κ1) is 21.5. The number of carbonyl (C=O) groups is 1. The number of nitrogens with one attached hydrogen (secondary N) is 2. The van der Waals surface area contributed by atoms with Crippen LogP contribution < -0.4 is 21.9 Å². The second-order valence-electron chi connectivity index (χ2n) is 8.04. The predicted octanol–water partition coefficient (Wildman–Crippen LogP) is 2.38. The fourth-order valence-corrected chi connectivity index (χ4v) is 4.05. The van der Waals surface area contributed by atoms with E-state index in [0.29, 0.717) is 37.6 Å². The summed E-state index contributed by atoms with van der Waals surface area (Å²) in [6.07, 6.45) is 4.73. The number of hydrogen-bond acceptors (Lipinski definition) is 6. The number of anilines is 2. The van der Waals surface area contributed by atoms with E-state index in [9.17, 15) is 9.59 Å². The van der Waals surface area contributed by atoms with Gasteiger partial charge >= 0.3 is 0 Å². The van der Waals surface area contributed by atoms with E-state index < -0.39 is 6.04 Å². The molecule has 8 nitrogen and oxygen atoms in total.